The Morgan fingerprint density at radius 2 is 2.08 bits per heavy atom. The molecule has 4 nitrogen and oxygen atoms in total. The predicted molar refractivity (Wildman–Crippen MR) is 91.1 cm³/mol. The number of H-pyrrole nitrogens is 1. The Kier molecular flexibility index (Phi) is 3.60. The van der Waals surface area contributed by atoms with Crippen molar-refractivity contribution in [1.82, 2.24) is 9.97 Å². The molecule has 25 heavy (non-hydrogen) atoms. The van der Waals surface area contributed by atoms with Gasteiger partial charge in [-0.25, -0.2) is 13.8 Å². The van der Waals surface area contributed by atoms with E-state index in [0.717, 1.165) is 22.7 Å². The van der Waals surface area contributed by atoms with Crippen molar-refractivity contribution in [3.8, 4) is 0 Å². The minimum Gasteiger partial charge on any atom is -0.345 e. The van der Waals surface area contributed by atoms with Gasteiger partial charge < -0.3 is 4.98 Å². The van der Waals surface area contributed by atoms with Gasteiger partial charge in [0.1, 0.15) is 0 Å². The van der Waals surface area contributed by atoms with Gasteiger partial charge in [0.15, 0.2) is 11.6 Å². The SMILES string of the molecule is CCC1=CC(=O)N(c2ccc3nc[nH]c3c2)C1c1cccc(F)c1F. The van der Waals surface area contributed by atoms with Crippen LogP contribution in [0.25, 0.3) is 11.0 Å². The summed E-state index contributed by atoms with van der Waals surface area (Å²) in [5.41, 5.74) is 3.05. The maximum atomic E-state index is 14.4. The van der Waals surface area contributed by atoms with Gasteiger partial charge in [-0.15, -0.1) is 0 Å². The molecule has 1 amide bonds. The molecule has 2 aromatic carbocycles. The molecule has 3 aromatic rings. The van der Waals surface area contributed by atoms with Crippen LogP contribution in [0.5, 0.6) is 0 Å². The first-order valence-corrected chi connectivity index (χ1v) is 8.01. The summed E-state index contributed by atoms with van der Waals surface area (Å²) in [6.07, 6.45) is 3.64. The zero-order valence-electron chi connectivity index (χ0n) is 13.5. The van der Waals surface area contributed by atoms with Crippen molar-refractivity contribution in [3.05, 3.63) is 71.6 Å². The highest BCUT2D eigenvalue weighted by molar-refractivity contribution is 6.06. The zero-order chi connectivity index (χ0) is 17.6. The number of rotatable bonds is 3. The van der Waals surface area contributed by atoms with Gasteiger partial charge in [-0.2, -0.15) is 0 Å². The molecular weight excluding hydrogens is 324 g/mol. The van der Waals surface area contributed by atoms with Crippen molar-refractivity contribution in [3.63, 3.8) is 0 Å². The number of imidazole rings is 1. The number of benzene rings is 2. The number of carbonyl (C=O) groups excluding carboxylic acids is 1. The molecule has 1 aliphatic rings. The quantitative estimate of drug-likeness (QED) is 0.775. The summed E-state index contributed by atoms with van der Waals surface area (Å²) in [6.45, 7) is 1.89. The van der Waals surface area contributed by atoms with Gasteiger partial charge >= 0.3 is 0 Å². The Balaban J connectivity index is 1.87. The lowest BCUT2D eigenvalue weighted by Gasteiger charge is -2.28. The van der Waals surface area contributed by atoms with Crippen molar-refractivity contribution in [2.75, 3.05) is 4.90 Å². The second-order valence-corrected chi connectivity index (χ2v) is 5.93. The maximum absolute atomic E-state index is 14.4. The van der Waals surface area contributed by atoms with E-state index in [4.69, 9.17) is 0 Å². The Morgan fingerprint density at radius 3 is 2.88 bits per heavy atom. The number of anilines is 1. The lowest BCUT2D eigenvalue weighted by molar-refractivity contribution is -0.113. The molecule has 4 rings (SSSR count). The summed E-state index contributed by atoms with van der Waals surface area (Å²) >= 11 is 0. The molecule has 0 radical (unpaired) electrons. The third-order valence-electron chi connectivity index (χ3n) is 4.52. The summed E-state index contributed by atoms with van der Waals surface area (Å²) < 4.78 is 28.2. The largest absolute Gasteiger partial charge is 0.345 e. The molecule has 0 bridgehead atoms. The van der Waals surface area contributed by atoms with Crippen LogP contribution in [-0.2, 0) is 4.79 Å². The maximum Gasteiger partial charge on any atom is 0.251 e. The molecule has 1 atom stereocenters. The van der Waals surface area contributed by atoms with E-state index in [1.54, 1.807) is 24.5 Å². The van der Waals surface area contributed by atoms with Crippen LogP contribution in [0.4, 0.5) is 14.5 Å². The van der Waals surface area contributed by atoms with Crippen molar-refractivity contribution >= 4 is 22.6 Å². The van der Waals surface area contributed by atoms with Crippen molar-refractivity contribution < 1.29 is 13.6 Å². The summed E-state index contributed by atoms with van der Waals surface area (Å²) in [5, 5.41) is 0. The highest BCUT2D eigenvalue weighted by Gasteiger charge is 2.36. The Labute approximate surface area is 142 Å². The normalized spacial score (nSPS) is 17.4. The number of halogens is 2. The average molecular weight is 339 g/mol. The smallest absolute Gasteiger partial charge is 0.251 e. The highest BCUT2D eigenvalue weighted by Crippen LogP contribution is 2.40. The van der Waals surface area contributed by atoms with Gasteiger partial charge in [0.2, 0.25) is 0 Å². The number of aromatic amines is 1. The van der Waals surface area contributed by atoms with Crippen LogP contribution in [0, 0.1) is 11.6 Å². The minimum absolute atomic E-state index is 0.156. The topological polar surface area (TPSA) is 49.0 Å². The third-order valence-corrected chi connectivity index (χ3v) is 4.52. The van der Waals surface area contributed by atoms with Gasteiger partial charge in [-0.05, 0) is 36.3 Å². The number of hydrogen-bond acceptors (Lipinski definition) is 2. The molecule has 2 heterocycles. The van der Waals surface area contributed by atoms with E-state index in [1.807, 2.05) is 6.92 Å². The summed E-state index contributed by atoms with van der Waals surface area (Å²) in [7, 11) is 0. The molecule has 1 aliphatic heterocycles. The number of fused-ring (bicyclic) bond motifs is 1. The van der Waals surface area contributed by atoms with Gasteiger partial charge in [-0.3, -0.25) is 9.69 Å². The van der Waals surface area contributed by atoms with Crippen molar-refractivity contribution in [1.29, 1.82) is 0 Å². The van der Waals surface area contributed by atoms with Crippen LogP contribution >= 0.6 is 0 Å². The Hall–Kier alpha value is -3.02. The van der Waals surface area contributed by atoms with E-state index < -0.39 is 17.7 Å². The fourth-order valence-corrected chi connectivity index (χ4v) is 3.32. The molecule has 1 N–H and O–H groups in total. The van der Waals surface area contributed by atoms with E-state index in [9.17, 15) is 13.6 Å². The van der Waals surface area contributed by atoms with Gasteiger partial charge in [0, 0.05) is 17.3 Å². The number of nitrogens with one attached hydrogen (secondary N) is 1. The van der Waals surface area contributed by atoms with Gasteiger partial charge in [0.25, 0.3) is 5.91 Å². The highest BCUT2D eigenvalue weighted by atomic mass is 19.2. The Morgan fingerprint density at radius 1 is 1.24 bits per heavy atom. The molecule has 0 fully saturated rings. The number of carbonyl (C=O) groups is 1. The van der Waals surface area contributed by atoms with Crippen molar-refractivity contribution in [2.45, 2.75) is 19.4 Å². The molecule has 0 saturated heterocycles. The third kappa shape index (κ3) is 2.41. The number of hydrogen-bond donors (Lipinski definition) is 1. The van der Waals surface area contributed by atoms with Crippen LogP contribution in [-0.4, -0.2) is 15.9 Å². The van der Waals surface area contributed by atoms with Gasteiger partial charge in [0.05, 0.1) is 23.4 Å². The van der Waals surface area contributed by atoms with Crippen LogP contribution < -0.4 is 4.90 Å². The number of nitrogens with zero attached hydrogens (tertiary/aromatic N) is 2. The second-order valence-electron chi connectivity index (χ2n) is 5.93. The predicted octanol–water partition coefficient (Wildman–Crippen LogP) is 4.27. The molecule has 0 spiro atoms. The lowest BCUT2D eigenvalue weighted by Crippen LogP contribution is -2.30. The van der Waals surface area contributed by atoms with E-state index in [2.05, 4.69) is 9.97 Å². The number of aromatic nitrogens is 2. The standard InChI is InChI=1S/C19H15F2N3O/c1-2-11-8-17(25)24(12-6-7-15-16(9-12)23-10-22-15)19(11)13-4-3-5-14(20)18(13)21/h3-10,19H,2H2,1H3,(H,22,23). The molecule has 1 aromatic heterocycles. The fourth-order valence-electron chi connectivity index (χ4n) is 3.32. The van der Waals surface area contributed by atoms with Crippen LogP contribution in [0.3, 0.4) is 0 Å². The minimum atomic E-state index is -0.922. The van der Waals surface area contributed by atoms with Gasteiger partial charge in [-0.1, -0.05) is 19.1 Å². The molecular formula is C19H15F2N3O. The monoisotopic (exact) mass is 339 g/mol. The number of amides is 1. The van der Waals surface area contributed by atoms with Crippen LogP contribution in [0.2, 0.25) is 0 Å². The van der Waals surface area contributed by atoms with Crippen molar-refractivity contribution in [2.24, 2.45) is 0 Å². The first-order chi connectivity index (χ1) is 12.1. The van der Waals surface area contributed by atoms with E-state index in [0.29, 0.717) is 12.1 Å². The van der Waals surface area contributed by atoms with E-state index >= 15 is 0 Å². The lowest BCUT2D eigenvalue weighted by atomic mass is 9.97. The Bertz CT molecular complexity index is 1010. The molecule has 126 valence electrons. The van der Waals surface area contributed by atoms with Crippen LogP contribution in [0.1, 0.15) is 24.9 Å². The van der Waals surface area contributed by atoms with E-state index in [1.165, 1.54) is 23.1 Å². The van der Waals surface area contributed by atoms with Crippen LogP contribution in [0.15, 0.2) is 54.4 Å². The molecule has 1 unspecified atom stereocenters. The second kappa shape index (κ2) is 5.81. The summed E-state index contributed by atoms with van der Waals surface area (Å²) in [4.78, 5) is 21.3. The molecule has 0 saturated carbocycles. The summed E-state index contributed by atoms with van der Waals surface area (Å²) in [5.74, 6) is -2.09. The zero-order valence-corrected chi connectivity index (χ0v) is 13.5. The average Bonchev–Trinajstić information content (AvgIpc) is 3.20. The first-order valence-electron chi connectivity index (χ1n) is 8.01. The fraction of sp³-hybridized carbons (Fsp3) is 0.158. The van der Waals surface area contributed by atoms with E-state index in [-0.39, 0.29) is 11.5 Å². The molecule has 0 aliphatic carbocycles. The summed E-state index contributed by atoms with van der Waals surface area (Å²) in [6, 6.07) is 8.74. The molecule has 6 heteroatoms. The first kappa shape index (κ1) is 15.5.